The number of hydrogen-bond donors (Lipinski definition) is 2. The van der Waals surface area contributed by atoms with E-state index in [9.17, 15) is 4.79 Å². The number of amides is 1. The van der Waals surface area contributed by atoms with Crippen LogP contribution in [0.5, 0.6) is 5.75 Å². The average Bonchev–Trinajstić information content (AvgIpc) is 3.52. The number of rotatable bonds is 5. The number of nitrogens with one attached hydrogen (secondary N) is 1. The van der Waals surface area contributed by atoms with Crippen molar-refractivity contribution in [2.24, 2.45) is 11.7 Å². The third kappa shape index (κ3) is 4.29. The first-order valence-corrected chi connectivity index (χ1v) is 8.87. The molecule has 1 unspecified atom stereocenters. The maximum absolute atomic E-state index is 11.7. The smallest absolute Gasteiger partial charge is 0.249 e. The molecule has 1 aliphatic carbocycles. The number of primary amides is 1. The van der Waals surface area contributed by atoms with E-state index in [0.29, 0.717) is 17.0 Å². The summed E-state index contributed by atoms with van der Waals surface area (Å²) >= 11 is 0. The van der Waals surface area contributed by atoms with Crippen LogP contribution in [0.3, 0.4) is 0 Å². The van der Waals surface area contributed by atoms with Crippen LogP contribution in [-0.2, 0) is 0 Å². The lowest BCUT2D eigenvalue weighted by atomic mass is 10.0. The van der Waals surface area contributed by atoms with Crippen LogP contribution < -0.4 is 10.5 Å². The Morgan fingerprint density at radius 2 is 1.81 bits per heavy atom. The summed E-state index contributed by atoms with van der Waals surface area (Å²) in [7, 11) is 3.44. The van der Waals surface area contributed by atoms with Gasteiger partial charge in [-0.05, 0) is 36.6 Å². The van der Waals surface area contributed by atoms with Crippen molar-refractivity contribution < 1.29 is 9.53 Å². The van der Waals surface area contributed by atoms with Crippen molar-refractivity contribution in [1.29, 1.82) is 5.41 Å². The van der Waals surface area contributed by atoms with Crippen molar-refractivity contribution in [3.63, 3.8) is 0 Å². The number of methoxy groups -OCH3 is 1. The Balaban J connectivity index is 1.95. The molecule has 0 heterocycles. The molecular weight excluding hydrogens is 338 g/mol. The van der Waals surface area contributed by atoms with Gasteiger partial charge in [0.05, 0.1) is 7.11 Å². The molecule has 3 N–H and O–H groups in total. The maximum atomic E-state index is 11.7. The molecule has 0 aliphatic heterocycles. The minimum Gasteiger partial charge on any atom is -0.497 e. The number of benzene rings is 2. The molecule has 138 valence electrons. The van der Waals surface area contributed by atoms with E-state index < -0.39 is 5.91 Å². The molecule has 0 radical (unpaired) electrons. The van der Waals surface area contributed by atoms with Gasteiger partial charge < -0.3 is 15.4 Å². The van der Waals surface area contributed by atoms with Crippen molar-refractivity contribution in [1.82, 2.24) is 4.90 Å². The van der Waals surface area contributed by atoms with Crippen LogP contribution in [0, 0.1) is 23.2 Å². The Labute approximate surface area is 159 Å². The molecule has 1 fully saturated rings. The van der Waals surface area contributed by atoms with Crippen molar-refractivity contribution in [2.45, 2.75) is 18.9 Å². The highest BCUT2D eigenvalue weighted by atomic mass is 16.5. The van der Waals surface area contributed by atoms with E-state index >= 15 is 0 Å². The van der Waals surface area contributed by atoms with Gasteiger partial charge in [-0.1, -0.05) is 42.2 Å². The van der Waals surface area contributed by atoms with Crippen LogP contribution in [-0.4, -0.2) is 30.8 Å². The average molecular weight is 361 g/mol. The molecule has 0 saturated heterocycles. The second-order valence-corrected chi connectivity index (χ2v) is 6.61. The van der Waals surface area contributed by atoms with Gasteiger partial charge in [0.25, 0.3) is 0 Å². The van der Waals surface area contributed by atoms with Crippen LogP contribution in [0.25, 0.3) is 0 Å². The van der Waals surface area contributed by atoms with Gasteiger partial charge in [-0.15, -0.1) is 0 Å². The Morgan fingerprint density at radius 3 is 2.37 bits per heavy atom. The first-order valence-electron chi connectivity index (χ1n) is 8.87. The molecule has 1 saturated carbocycles. The lowest BCUT2D eigenvalue weighted by molar-refractivity contribution is 0.1000. The number of nitrogens with zero attached hydrogens (tertiary/aromatic N) is 1. The van der Waals surface area contributed by atoms with Crippen LogP contribution in [0.2, 0.25) is 0 Å². The van der Waals surface area contributed by atoms with Gasteiger partial charge in [0.1, 0.15) is 17.6 Å². The molecule has 1 amide bonds. The molecule has 5 nitrogen and oxygen atoms in total. The molecular formula is C22H23N3O2. The van der Waals surface area contributed by atoms with E-state index in [0.717, 1.165) is 24.2 Å². The summed E-state index contributed by atoms with van der Waals surface area (Å²) in [6, 6.07) is 14.3. The Morgan fingerprint density at radius 1 is 1.19 bits per heavy atom. The van der Waals surface area contributed by atoms with E-state index in [1.165, 1.54) is 0 Å². The molecule has 2 aromatic rings. The van der Waals surface area contributed by atoms with E-state index in [-0.39, 0.29) is 11.9 Å². The Bertz CT molecular complexity index is 905. The predicted molar refractivity (Wildman–Crippen MR) is 106 cm³/mol. The highest BCUT2D eigenvalue weighted by Gasteiger charge is 2.23. The van der Waals surface area contributed by atoms with Gasteiger partial charge in [0.2, 0.25) is 5.91 Å². The number of hydrogen-bond acceptors (Lipinski definition) is 3. The second kappa shape index (κ2) is 7.96. The third-order valence-electron chi connectivity index (χ3n) is 4.62. The van der Waals surface area contributed by atoms with Crippen LogP contribution in [0.4, 0.5) is 0 Å². The number of amidine groups is 1. The maximum Gasteiger partial charge on any atom is 0.249 e. The Kier molecular flexibility index (Phi) is 5.46. The first-order chi connectivity index (χ1) is 13.0. The zero-order valence-electron chi connectivity index (χ0n) is 15.5. The zero-order chi connectivity index (χ0) is 19.4. The molecule has 3 rings (SSSR count). The van der Waals surface area contributed by atoms with Crippen molar-refractivity contribution in [3.05, 3.63) is 65.2 Å². The summed E-state index contributed by atoms with van der Waals surface area (Å²) in [6.45, 7) is 0. The number of ether oxygens (including phenoxy) is 1. The van der Waals surface area contributed by atoms with Crippen molar-refractivity contribution in [2.75, 3.05) is 14.2 Å². The molecule has 2 aromatic carbocycles. The molecule has 0 spiro atoms. The SMILES string of the molecule is COc1ccc(C(C#CC2CC2)N(C)C(=N)c2ccccc2C(N)=O)cc1. The molecule has 1 atom stereocenters. The van der Waals surface area contributed by atoms with Gasteiger partial charge in [0, 0.05) is 24.1 Å². The summed E-state index contributed by atoms with van der Waals surface area (Å²) in [5.41, 5.74) is 7.28. The lowest BCUT2D eigenvalue weighted by Gasteiger charge is -2.28. The van der Waals surface area contributed by atoms with E-state index in [2.05, 4.69) is 11.8 Å². The first kappa shape index (κ1) is 18.5. The van der Waals surface area contributed by atoms with E-state index in [1.54, 1.807) is 36.3 Å². The van der Waals surface area contributed by atoms with Gasteiger partial charge >= 0.3 is 0 Å². The fraction of sp³-hybridized carbons (Fsp3) is 0.273. The van der Waals surface area contributed by atoms with Crippen molar-refractivity contribution >= 4 is 11.7 Å². The van der Waals surface area contributed by atoms with Crippen molar-refractivity contribution in [3.8, 4) is 17.6 Å². The van der Waals surface area contributed by atoms with Gasteiger partial charge in [-0.3, -0.25) is 10.2 Å². The normalized spacial score (nSPS) is 13.9. The summed E-state index contributed by atoms with van der Waals surface area (Å²) in [5.74, 6) is 7.48. The topological polar surface area (TPSA) is 79.4 Å². The number of carbonyl (C=O) groups is 1. The zero-order valence-corrected chi connectivity index (χ0v) is 15.5. The highest BCUT2D eigenvalue weighted by molar-refractivity contribution is 6.07. The summed E-state index contributed by atoms with van der Waals surface area (Å²) < 4.78 is 5.23. The molecule has 1 aliphatic rings. The fourth-order valence-corrected chi connectivity index (χ4v) is 2.84. The summed E-state index contributed by atoms with van der Waals surface area (Å²) in [5, 5.41) is 8.66. The minimum atomic E-state index is -0.547. The largest absolute Gasteiger partial charge is 0.497 e. The van der Waals surface area contributed by atoms with Crippen LogP contribution >= 0.6 is 0 Å². The quantitative estimate of drug-likeness (QED) is 0.488. The lowest BCUT2D eigenvalue weighted by Crippen LogP contribution is -2.32. The second-order valence-electron chi connectivity index (χ2n) is 6.61. The number of carbonyl (C=O) groups excluding carboxylic acids is 1. The van der Waals surface area contributed by atoms with Crippen LogP contribution in [0.15, 0.2) is 48.5 Å². The molecule has 27 heavy (non-hydrogen) atoms. The number of nitrogens with two attached hydrogens (primary N) is 1. The highest BCUT2D eigenvalue weighted by Crippen LogP contribution is 2.29. The third-order valence-corrected chi connectivity index (χ3v) is 4.62. The van der Waals surface area contributed by atoms with Crippen LogP contribution in [0.1, 0.15) is 40.4 Å². The summed E-state index contributed by atoms with van der Waals surface area (Å²) in [6.07, 6.45) is 2.27. The Hall–Kier alpha value is -3.26. The van der Waals surface area contributed by atoms with Gasteiger partial charge in [-0.2, -0.15) is 0 Å². The van der Waals surface area contributed by atoms with Gasteiger partial charge in [-0.25, -0.2) is 0 Å². The molecule has 0 aromatic heterocycles. The molecule has 5 heteroatoms. The minimum absolute atomic E-state index is 0.204. The standard InChI is InChI=1S/C22H23N3O2/c1-25(21(23)18-5-3-4-6-19(18)22(24)26)20(14-9-15-7-8-15)16-10-12-17(27-2)13-11-16/h3-6,10-13,15,20,23H,7-8H2,1-2H3,(H2,24,26). The fourth-order valence-electron chi connectivity index (χ4n) is 2.84. The monoisotopic (exact) mass is 361 g/mol. The molecule has 0 bridgehead atoms. The summed E-state index contributed by atoms with van der Waals surface area (Å²) in [4.78, 5) is 13.5. The predicted octanol–water partition coefficient (Wildman–Crippen LogP) is 3.21. The van der Waals surface area contributed by atoms with E-state index in [1.807, 2.05) is 31.3 Å². The van der Waals surface area contributed by atoms with Gasteiger partial charge in [0.15, 0.2) is 0 Å². The van der Waals surface area contributed by atoms with E-state index in [4.69, 9.17) is 15.9 Å².